The van der Waals surface area contributed by atoms with Gasteiger partial charge in [0, 0.05) is 23.7 Å². The molecule has 19 heavy (non-hydrogen) atoms. The molecule has 3 heteroatoms. The van der Waals surface area contributed by atoms with E-state index in [4.69, 9.17) is 0 Å². The molecule has 102 valence electrons. The van der Waals surface area contributed by atoms with Gasteiger partial charge in [0.05, 0.1) is 12.1 Å². The molecule has 2 rings (SSSR count). The Morgan fingerprint density at radius 1 is 1.16 bits per heavy atom. The molecular formula is C16H22N2O. The van der Waals surface area contributed by atoms with Gasteiger partial charge in [-0.3, -0.25) is 4.98 Å². The van der Waals surface area contributed by atoms with Crippen LogP contribution < -0.4 is 5.32 Å². The molecule has 0 aliphatic rings. The molecule has 0 radical (unpaired) electrons. The molecule has 0 amide bonds. The number of aliphatic hydroxyl groups excluding tert-OH is 1. The maximum atomic E-state index is 9.59. The monoisotopic (exact) mass is 258 g/mol. The Bertz CT molecular complexity index is 522. The van der Waals surface area contributed by atoms with Crippen LogP contribution in [-0.2, 0) is 6.54 Å². The molecule has 0 bridgehead atoms. The van der Waals surface area contributed by atoms with Crippen molar-refractivity contribution in [2.75, 3.05) is 6.61 Å². The molecular weight excluding hydrogens is 236 g/mol. The smallest absolute Gasteiger partial charge is 0.0705 e. The Hall–Kier alpha value is -1.45. The number of rotatable bonds is 6. The van der Waals surface area contributed by atoms with Crippen molar-refractivity contribution in [3.05, 3.63) is 42.1 Å². The summed E-state index contributed by atoms with van der Waals surface area (Å²) in [6.07, 6.45) is 3.68. The summed E-state index contributed by atoms with van der Waals surface area (Å²) in [5, 5.41) is 14.3. The average molecular weight is 258 g/mol. The van der Waals surface area contributed by atoms with Crippen LogP contribution in [0.4, 0.5) is 0 Å². The van der Waals surface area contributed by atoms with E-state index in [1.165, 1.54) is 10.9 Å². The highest BCUT2D eigenvalue weighted by atomic mass is 16.3. The molecule has 1 aromatic heterocycles. The van der Waals surface area contributed by atoms with E-state index in [0.717, 1.165) is 24.9 Å². The number of aliphatic hydroxyl groups is 1. The summed E-state index contributed by atoms with van der Waals surface area (Å²) in [7, 11) is 0. The number of para-hydroxylation sites is 1. The van der Waals surface area contributed by atoms with Crippen LogP contribution >= 0.6 is 0 Å². The van der Waals surface area contributed by atoms with Gasteiger partial charge in [0.2, 0.25) is 0 Å². The number of aromatic nitrogens is 1. The van der Waals surface area contributed by atoms with Crippen molar-refractivity contribution in [1.82, 2.24) is 10.3 Å². The number of nitrogens with zero attached hydrogens (tertiary/aromatic N) is 1. The van der Waals surface area contributed by atoms with Crippen LogP contribution in [0.15, 0.2) is 36.5 Å². The molecule has 3 nitrogen and oxygen atoms in total. The number of hydrogen-bond donors (Lipinski definition) is 2. The van der Waals surface area contributed by atoms with Crippen LogP contribution in [0, 0.1) is 0 Å². The second-order valence-electron chi connectivity index (χ2n) is 4.99. The lowest BCUT2D eigenvalue weighted by atomic mass is 9.93. The molecule has 0 saturated heterocycles. The van der Waals surface area contributed by atoms with E-state index < -0.39 is 0 Å². The van der Waals surface area contributed by atoms with E-state index in [9.17, 15) is 5.11 Å². The first kappa shape index (κ1) is 14.0. The van der Waals surface area contributed by atoms with Gasteiger partial charge in [-0.25, -0.2) is 0 Å². The lowest BCUT2D eigenvalue weighted by Crippen LogP contribution is -2.47. The highest BCUT2D eigenvalue weighted by molar-refractivity contribution is 5.81. The fourth-order valence-corrected chi connectivity index (χ4v) is 2.37. The van der Waals surface area contributed by atoms with Gasteiger partial charge in [0.1, 0.15) is 0 Å². The Kier molecular flexibility index (Phi) is 4.51. The topological polar surface area (TPSA) is 45.1 Å². The Morgan fingerprint density at radius 2 is 1.89 bits per heavy atom. The highest BCUT2D eigenvalue weighted by Crippen LogP contribution is 2.19. The number of nitrogens with one attached hydrogen (secondary N) is 1. The van der Waals surface area contributed by atoms with Crippen molar-refractivity contribution in [3.63, 3.8) is 0 Å². The van der Waals surface area contributed by atoms with Crippen LogP contribution in [0.2, 0.25) is 0 Å². The molecule has 0 saturated carbocycles. The van der Waals surface area contributed by atoms with Crippen LogP contribution in [0.1, 0.15) is 32.3 Å². The summed E-state index contributed by atoms with van der Waals surface area (Å²) in [5.41, 5.74) is 2.07. The Labute approximate surface area is 114 Å². The van der Waals surface area contributed by atoms with Gasteiger partial charge in [-0.05, 0) is 30.5 Å². The van der Waals surface area contributed by atoms with Crippen molar-refractivity contribution in [2.45, 2.75) is 38.8 Å². The quantitative estimate of drug-likeness (QED) is 0.837. The van der Waals surface area contributed by atoms with E-state index in [-0.39, 0.29) is 12.1 Å². The molecule has 0 spiro atoms. The molecule has 0 fully saturated rings. The van der Waals surface area contributed by atoms with Crippen LogP contribution in [-0.4, -0.2) is 22.2 Å². The maximum absolute atomic E-state index is 9.59. The Morgan fingerprint density at radius 3 is 2.58 bits per heavy atom. The first-order chi connectivity index (χ1) is 9.24. The summed E-state index contributed by atoms with van der Waals surface area (Å²) in [5.74, 6) is 0. The van der Waals surface area contributed by atoms with Gasteiger partial charge in [-0.2, -0.15) is 0 Å². The Balaban J connectivity index is 2.22. The van der Waals surface area contributed by atoms with Gasteiger partial charge >= 0.3 is 0 Å². The fourth-order valence-electron chi connectivity index (χ4n) is 2.37. The summed E-state index contributed by atoms with van der Waals surface area (Å²) >= 11 is 0. The largest absolute Gasteiger partial charge is 0.394 e. The normalized spacial score (nSPS) is 11.9. The summed E-state index contributed by atoms with van der Waals surface area (Å²) in [6.45, 7) is 5.14. The lowest BCUT2D eigenvalue weighted by Gasteiger charge is -2.31. The number of fused-ring (bicyclic) bond motifs is 1. The third-order valence-corrected chi connectivity index (χ3v) is 4.05. The van der Waals surface area contributed by atoms with E-state index in [1.807, 2.05) is 30.5 Å². The molecule has 0 atom stereocenters. The van der Waals surface area contributed by atoms with E-state index >= 15 is 0 Å². The van der Waals surface area contributed by atoms with Crippen molar-refractivity contribution in [2.24, 2.45) is 0 Å². The van der Waals surface area contributed by atoms with Gasteiger partial charge in [0.25, 0.3) is 0 Å². The van der Waals surface area contributed by atoms with Crippen LogP contribution in [0.25, 0.3) is 10.9 Å². The van der Waals surface area contributed by atoms with Gasteiger partial charge < -0.3 is 10.4 Å². The summed E-state index contributed by atoms with van der Waals surface area (Å²) in [4.78, 5) is 4.37. The van der Waals surface area contributed by atoms with E-state index in [2.05, 4.69) is 30.2 Å². The van der Waals surface area contributed by atoms with Crippen molar-refractivity contribution in [1.29, 1.82) is 0 Å². The molecule has 0 aliphatic carbocycles. The second kappa shape index (κ2) is 6.13. The predicted molar refractivity (Wildman–Crippen MR) is 79.0 cm³/mol. The zero-order valence-electron chi connectivity index (χ0n) is 11.7. The van der Waals surface area contributed by atoms with Crippen LogP contribution in [0.3, 0.4) is 0 Å². The summed E-state index contributed by atoms with van der Waals surface area (Å²) in [6, 6.07) is 10.2. The molecule has 2 aromatic rings. The average Bonchev–Trinajstić information content (AvgIpc) is 2.49. The standard InChI is InChI=1S/C16H22N2O/c1-3-16(4-2,12-19)18-11-13-9-10-17-15-8-6-5-7-14(13)15/h5-10,18-19H,3-4,11-12H2,1-2H3. The first-order valence-corrected chi connectivity index (χ1v) is 6.93. The summed E-state index contributed by atoms with van der Waals surface area (Å²) < 4.78 is 0. The third kappa shape index (κ3) is 2.94. The SMILES string of the molecule is CCC(CC)(CO)NCc1ccnc2ccccc12. The van der Waals surface area contributed by atoms with Crippen molar-refractivity contribution >= 4 is 10.9 Å². The molecule has 0 aliphatic heterocycles. The minimum atomic E-state index is -0.176. The lowest BCUT2D eigenvalue weighted by molar-refractivity contribution is 0.149. The van der Waals surface area contributed by atoms with Crippen molar-refractivity contribution in [3.8, 4) is 0 Å². The molecule has 1 aromatic carbocycles. The maximum Gasteiger partial charge on any atom is 0.0705 e. The van der Waals surface area contributed by atoms with Gasteiger partial charge in [-0.15, -0.1) is 0 Å². The highest BCUT2D eigenvalue weighted by Gasteiger charge is 2.24. The number of hydrogen-bond acceptors (Lipinski definition) is 3. The predicted octanol–water partition coefficient (Wildman–Crippen LogP) is 2.88. The number of benzene rings is 1. The van der Waals surface area contributed by atoms with Crippen molar-refractivity contribution < 1.29 is 5.11 Å². The van der Waals surface area contributed by atoms with Gasteiger partial charge in [-0.1, -0.05) is 32.0 Å². The third-order valence-electron chi connectivity index (χ3n) is 4.05. The molecule has 0 unspecified atom stereocenters. The fraction of sp³-hybridized carbons (Fsp3) is 0.438. The number of pyridine rings is 1. The molecule has 1 heterocycles. The zero-order valence-corrected chi connectivity index (χ0v) is 11.7. The van der Waals surface area contributed by atoms with Crippen LogP contribution in [0.5, 0.6) is 0 Å². The van der Waals surface area contributed by atoms with E-state index in [0.29, 0.717) is 0 Å². The van der Waals surface area contributed by atoms with E-state index in [1.54, 1.807) is 0 Å². The van der Waals surface area contributed by atoms with Gasteiger partial charge in [0.15, 0.2) is 0 Å². The minimum absolute atomic E-state index is 0.170. The first-order valence-electron chi connectivity index (χ1n) is 6.93. The minimum Gasteiger partial charge on any atom is -0.394 e. The second-order valence-corrected chi connectivity index (χ2v) is 4.99. The zero-order chi connectivity index (χ0) is 13.7. The molecule has 2 N–H and O–H groups in total.